The standard InChI is InChI=1S/C9H18O2/c1-8(2)5-9(6-10-3)7-11-4/h5,8H,6-7H2,1-4H3. The molecule has 0 aromatic rings. The highest BCUT2D eigenvalue weighted by Crippen LogP contribution is 2.02. The van der Waals surface area contributed by atoms with Gasteiger partial charge in [-0.1, -0.05) is 19.9 Å². The predicted octanol–water partition coefficient (Wildman–Crippen LogP) is 1.86. The highest BCUT2D eigenvalue weighted by atomic mass is 16.5. The van der Waals surface area contributed by atoms with E-state index >= 15 is 0 Å². The molecule has 0 aliphatic rings. The van der Waals surface area contributed by atoms with Crippen molar-refractivity contribution < 1.29 is 9.47 Å². The minimum Gasteiger partial charge on any atom is -0.380 e. The summed E-state index contributed by atoms with van der Waals surface area (Å²) in [5, 5.41) is 0. The van der Waals surface area contributed by atoms with Crippen LogP contribution in [0, 0.1) is 5.92 Å². The monoisotopic (exact) mass is 158 g/mol. The number of allylic oxidation sites excluding steroid dienone is 1. The molecule has 0 fully saturated rings. The maximum Gasteiger partial charge on any atom is 0.0695 e. The van der Waals surface area contributed by atoms with E-state index in [1.807, 2.05) is 0 Å². The second-order valence-electron chi connectivity index (χ2n) is 2.93. The van der Waals surface area contributed by atoms with Crippen LogP contribution in [0.25, 0.3) is 0 Å². The van der Waals surface area contributed by atoms with Crippen LogP contribution in [-0.2, 0) is 9.47 Å². The Hall–Kier alpha value is -0.340. The molecule has 0 saturated carbocycles. The number of hydrogen-bond acceptors (Lipinski definition) is 2. The lowest BCUT2D eigenvalue weighted by atomic mass is 10.1. The summed E-state index contributed by atoms with van der Waals surface area (Å²) < 4.78 is 10.0. The lowest BCUT2D eigenvalue weighted by Gasteiger charge is -2.06. The van der Waals surface area contributed by atoms with Crippen molar-refractivity contribution in [1.29, 1.82) is 0 Å². The van der Waals surface area contributed by atoms with Crippen LogP contribution in [0.1, 0.15) is 13.8 Å². The molecule has 0 aliphatic heterocycles. The van der Waals surface area contributed by atoms with Gasteiger partial charge >= 0.3 is 0 Å². The molecule has 0 aromatic heterocycles. The number of methoxy groups -OCH3 is 2. The quantitative estimate of drug-likeness (QED) is 0.569. The first-order chi connectivity index (χ1) is 5.20. The highest BCUT2D eigenvalue weighted by molar-refractivity contribution is 5.04. The SMILES string of the molecule is COCC(=CC(C)C)COC. The molecule has 0 aromatic carbocycles. The van der Waals surface area contributed by atoms with Gasteiger partial charge in [0.1, 0.15) is 0 Å². The lowest BCUT2D eigenvalue weighted by Crippen LogP contribution is -2.03. The molecule has 0 rings (SSSR count). The van der Waals surface area contributed by atoms with E-state index in [0.29, 0.717) is 19.1 Å². The Balaban J connectivity index is 3.86. The van der Waals surface area contributed by atoms with Gasteiger partial charge in [-0.15, -0.1) is 0 Å². The van der Waals surface area contributed by atoms with E-state index < -0.39 is 0 Å². The maximum atomic E-state index is 5.01. The van der Waals surface area contributed by atoms with E-state index in [4.69, 9.17) is 9.47 Å². The van der Waals surface area contributed by atoms with Crippen LogP contribution in [0.15, 0.2) is 11.6 Å². The third-order valence-electron chi connectivity index (χ3n) is 1.23. The lowest BCUT2D eigenvalue weighted by molar-refractivity contribution is 0.180. The molecule has 0 amide bonds. The van der Waals surface area contributed by atoms with E-state index in [2.05, 4.69) is 19.9 Å². The molecule has 66 valence electrons. The van der Waals surface area contributed by atoms with Gasteiger partial charge in [0.15, 0.2) is 0 Å². The van der Waals surface area contributed by atoms with Gasteiger partial charge in [0.05, 0.1) is 13.2 Å². The zero-order chi connectivity index (χ0) is 8.69. The minimum atomic E-state index is 0.565. The average Bonchev–Trinajstić information content (AvgIpc) is 1.87. The Morgan fingerprint density at radius 3 is 1.91 bits per heavy atom. The molecule has 11 heavy (non-hydrogen) atoms. The molecule has 0 bridgehead atoms. The molecule has 0 spiro atoms. The molecule has 0 heterocycles. The molecule has 0 atom stereocenters. The van der Waals surface area contributed by atoms with Crippen LogP contribution in [0.4, 0.5) is 0 Å². The van der Waals surface area contributed by atoms with E-state index in [-0.39, 0.29) is 0 Å². The smallest absolute Gasteiger partial charge is 0.0695 e. The van der Waals surface area contributed by atoms with Crippen molar-refractivity contribution >= 4 is 0 Å². The summed E-state index contributed by atoms with van der Waals surface area (Å²) in [6, 6.07) is 0. The van der Waals surface area contributed by atoms with Gasteiger partial charge in [-0.25, -0.2) is 0 Å². The number of rotatable bonds is 5. The summed E-state index contributed by atoms with van der Waals surface area (Å²) in [5.74, 6) is 0.565. The first kappa shape index (κ1) is 10.7. The minimum absolute atomic E-state index is 0.565. The molecular weight excluding hydrogens is 140 g/mol. The second kappa shape index (κ2) is 6.38. The zero-order valence-electron chi connectivity index (χ0n) is 7.89. The predicted molar refractivity (Wildman–Crippen MR) is 46.7 cm³/mol. The van der Waals surface area contributed by atoms with Crippen LogP contribution < -0.4 is 0 Å². The summed E-state index contributed by atoms with van der Waals surface area (Å²) in [7, 11) is 3.40. The summed E-state index contributed by atoms with van der Waals surface area (Å²) in [6.45, 7) is 5.63. The normalized spacial score (nSPS) is 10.3. The number of hydrogen-bond donors (Lipinski definition) is 0. The fraction of sp³-hybridized carbons (Fsp3) is 0.778. The van der Waals surface area contributed by atoms with Crippen molar-refractivity contribution in [2.24, 2.45) is 5.92 Å². The molecule has 0 aliphatic carbocycles. The molecule has 0 N–H and O–H groups in total. The van der Waals surface area contributed by atoms with E-state index in [1.54, 1.807) is 14.2 Å². The molecular formula is C9H18O2. The fourth-order valence-electron chi connectivity index (χ4n) is 0.980. The summed E-state index contributed by atoms with van der Waals surface area (Å²) in [6.07, 6.45) is 2.17. The van der Waals surface area contributed by atoms with Crippen molar-refractivity contribution in [1.82, 2.24) is 0 Å². The van der Waals surface area contributed by atoms with Gasteiger partial charge in [0, 0.05) is 14.2 Å². The zero-order valence-corrected chi connectivity index (χ0v) is 7.89. The van der Waals surface area contributed by atoms with Crippen molar-refractivity contribution in [3.05, 3.63) is 11.6 Å². The summed E-state index contributed by atoms with van der Waals surface area (Å²) in [4.78, 5) is 0. The Morgan fingerprint density at radius 1 is 1.18 bits per heavy atom. The average molecular weight is 158 g/mol. The molecule has 0 unspecified atom stereocenters. The van der Waals surface area contributed by atoms with Gasteiger partial charge in [0.2, 0.25) is 0 Å². The van der Waals surface area contributed by atoms with Gasteiger partial charge in [-0.2, -0.15) is 0 Å². The van der Waals surface area contributed by atoms with Crippen molar-refractivity contribution in [2.45, 2.75) is 13.8 Å². The Kier molecular flexibility index (Phi) is 6.18. The van der Waals surface area contributed by atoms with E-state index in [9.17, 15) is 0 Å². The van der Waals surface area contributed by atoms with Crippen LogP contribution in [0.3, 0.4) is 0 Å². The Bertz CT molecular complexity index is 109. The topological polar surface area (TPSA) is 18.5 Å². The molecule has 2 heteroatoms. The fourth-order valence-corrected chi connectivity index (χ4v) is 0.980. The second-order valence-corrected chi connectivity index (χ2v) is 2.93. The van der Waals surface area contributed by atoms with Gasteiger partial charge in [-0.3, -0.25) is 0 Å². The van der Waals surface area contributed by atoms with Gasteiger partial charge in [0.25, 0.3) is 0 Å². The Morgan fingerprint density at radius 2 is 1.64 bits per heavy atom. The van der Waals surface area contributed by atoms with E-state index in [1.165, 1.54) is 5.57 Å². The van der Waals surface area contributed by atoms with E-state index in [0.717, 1.165) is 0 Å². The van der Waals surface area contributed by atoms with Crippen molar-refractivity contribution in [2.75, 3.05) is 27.4 Å². The highest BCUT2D eigenvalue weighted by Gasteiger charge is 1.96. The van der Waals surface area contributed by atoms with Gasteiger partial charge in [-0.05, 0) is 11.5 Å². The summed E-state index contributed by atoms with van der Waals surface area (Å²) in [5.41, 5.74) is 1.21. The first-order valence-corrected chi connectivity index (χ1v) is 3.88. The van der Waals surface area contributed by atoms with Crippen LogP contribution >= 0.6 is 0 Å². The third kappa shape index (κ3) is 6.07. The molecule has 2 nitrogen and oxygen atoms in total. The van der Waals surface area contributed by atoms with Crippen molar-refractivity contribution in [3.8, 4) is 0 Å². The van der Waals surface area contributed by atoms with Gasteiger partial charge < -0.3 is 9.47 Å². The van der Waals surface area contributed by atoms with Crippen LogP contribution in [-0.4, -0.2) is 27.4 Å². The first-order valence-electron chi connectivity index (χ1n) is 3.88. The third-order valence-corrected chi connectivity index (χ3v) is 1.23. The number of ether oxygens (including phenoxy) is 2. The largest absolute Gasteiger partial charge is 0.380 e. The molecule has 0 radical (unpaired) electrons. The summed E-state index contributed by atoms with van der Waals surface area (Å²) >= 11 is 0. The maximum absolute atomic E-state index is 5.01. The Labute approximate surface area is 69.2 Å². The van der Waals surface area contributed by atoms with Crippen LogP contribution in [0.2, 0.25) is 0 Å². The van der Waals surface area contributed by atoms with Crippen LogP contribution in [0.5, 0.6) is 0 Å². The molecule has 0 saturated heterocycles. The van der Waals surface area contributed by atoms with Crippen molar-refractivity contribution in [3.63, 3.8) is 0 Å².